The first-order valence-electron chi connectivity index (χ1n) is 6.46. The first-order chi connectivity index (χ1) is 10.1. The molecule has 0 aliphatic carbocycles. The molecule has 2 rings (SSSR count). The number of carbonyl (C=O) groups is 1. The Hall–Kier alpha value is -2.32. The van der Waals surface area contributed by atoms with Crippen molar-refractivity contribution in [3.8, 4) is 6.07 Å². The van der Waals surface area contributed by atoms with Crippen molar-refractivity contribution in [2.45, 2.75) is 11.9 Å². The van der Waals surface area contributed by atoms with Crippen LogP contribution >= 0.6 is 11.8 Å². The lowest BCUT2D eigenvalue weighted by Gasteiger charge is -2.06. The second kappa shape index (κ2) is 6.91. The third-order valence-electron chi connectivity index (χ3n) is 2.84. The molecule has 2 aromatic rings. The molecule has 0 aliphatic heterocycles. The van der Waals surface area contributed by atoms with E-state index in [-0.39, 0.29) is 11.7 Å². The number of rotatable bonds is 5. The lowest BCUT2D eigenvalue weighted by atomic mass is 10.1. The van der Waals surface area contributed by atoms with E-state index in [1.165, 1.54) is 11.8 Å². The number of aromatic nitrogens is 1. The van der Waals surface area contributed by atoms with Crippen molar-refractivity contribution >= 4 is 28.6 Å². The van der Waals surface area contributed by atoms with Crippen LogP contribution in [0.3, 0.4) is 0 Å². The largest absolute Gasteiger partial charge is 0.352 e. The van der Waals surface area contributed by atoms with E-state index in [0.29, 0.717) is 17.1 Å². The Morgan fingerprint density at radius 1 is 1.52 bits per heavy atom. The topological polar surface area (TPSA) is 65.8 Å². The summed E-state index contributed by atoms with van der Waals surface area (Å²) >= 11 is 1.27. The predicted molar refractivity (Wildman–Crippen MR) is 85.1 cm³/mol. The Kier molecular flexibility index (Phi) is 4.96. The Bertz CT molecular complexity index is 734. The fourth-order valence-corrected chi connectivity index (χ4v) is 2.63. The van der Waals surface area contributed by atoms with Crippen LogP contribution in [0.15, 0.2) is 41.9 Å². The third-order valence-corrected chi connectivity index (χ3v) is 3.83. The first-order valence-corrected chi connectivity index (χ1v) is 7.44. The zero-order valence-electron chi connectivity index (χ0n) is 11.7. The van der Waals surface area contributed by atoms with Gasteiger partial charge in [0.2, 0.25) is 5.91 Å². The number of amides is 1. The number of nitriles is 1. The summed E-state index contributed by atoms with van der Waals surface area (Å²) in [4.78, 5) is 16.1. The molecule has 1 aromatic heterocycles. The molecule has 5 heteroatoms. The fourth-order valence-electron chi connectivity index (χ4n) is 1.84. The van der Waals surface area contributed by atoms with Crippen molar-refractivity contribution in [3.05, 3.63) is 48.0 Å². The number of hydrogen-bond acceptors (Lipinski definition) is 4. The molecular weight excluding hydrogens is 282 g/mol. The molecular formula is C16H15N3OS. The monoisotopic (exact) mass is 297 g/mol. The summed E-state index contributed by atoms with van der Waals surface area (Å²) in [5.74, 6) is 0.127. The Morgan fingerprint density at radius 2 is 2.33 bits per heavy atom. The van der Waals surface area contributed by atoms with Crippen molar-refractivity contribution in [2.24, 2.45) is 0 Å². The van der Waals surface area contributed by atoms with Gasteiger partial charge in [-0.2, -0.15) is 5.26 Å². The molecule has 0 saturated heterocycles. The molecule has 1 N–H and O–H groups in total. The molecule has 0 bridgehead atoms. The second-order valence-corrected chi connectivity index (χ2v) is 5.49. The Morgan fingerprint density at radius 3 is 3.05 bits per heavy atom. The van der Waals surface area contributed by atoms with E-state index in [2.05, 4.69) is 22.9 Å². The molecule has 0 atom stereocenters. The van der Waals surface area contributed by atoms with Crippen LogP contribution in [-0.4, -0.2) is 23.2 Å². The zero-order chi connectivity index (χ0) is 15.2. The van der Waals surface area contributed by atoms with Crippen LogP contribution in [0.1, 0.15) is 11.1 Å². The fraction of sp³-hybridized carbons (Fsp3) is 0.188. The van der Waals surface area contributed by atoms with Crippen LogP contribution in [0.4, 0.5) is 0 Å². The summed E-state index contributed by atoms with van der Waals surface area (Å²) in [5.41, 5.74) is 2.45. The lowest BCUT2D eigenvalue weighted by molar-refractivity contribution is -0.118. The van der Waals surface area contributed by atoms with Gasteiger partial charge >= 0.3 is 0 Å². The number of nitrogens with one attached hydrogen (secondary N) is 1. The first kappa shape index (κ1) is 15.1. The summed E-state index contributed by atoms with van der Waals surface area (Å²) in [6.45, 7) is 5.98. The molecule has 21 heavy (non-hydrogen) atoms. The van der Waals surface area contributed by atoms with Crippen molar-refractivity contribution in [2.75, 3.05) is 12.3 Å². The average molecular weight is 297 g/mol. The van der Waals surface area contributed by atoms with Crippen LogP contribution < -0.4 is 5.32 Å². The zero-order valence-corrected chi connectivity index (χ0v) is 12.5. The Balaban J connectivity index is 2.23. The number of benzene rings is 1. The summed E-state index contributed by atoms with van der Waals surface area (Å²) in [5, 5.41) is 13.5. The standard InChI is InChI=1S/C16H15N3OS/c1-3-6-18-15(20)10-21-16-13(9-17)8-12-7-11(2)4-5-14(12)19-16/h3-5,7-8H,1,6,10H2,2H3,(H,18,20). The van der Waals surface area contributed by atoms with Gasteiger partial charge in [-0.3, -0.25) is 4.79 Å². The van der Waals surface area contributed by atoms with Gasteiger partial charge < -0.3 is 5.32 Å². The Labute approximate surface area is 127 Å². The highest BCUT2D eigenvalue weighted by Crippen LogP contribution is 2.25. The minimum atomic E-state index is -0.102. The average Bonchev–Trinajstić information content (AvgIpc) is 2.49. The van der Waals surface area contributed by atoms with Gasteiger partial charge in [0.15, 0.2) is 0 Å². The molecule has 1 heterocycles. The van der Waals surface area contributed by atoms with Crippen molar-refractivity contribution in [1.29, 1.82) is 5.26 Å². The number of hydrogen-bond donors (Lipinski definition) is 1. The number of fused-ring (bicyclic) bond motifs is 1. The summed E-state index contributed by atoms with van der Waals surface area (Å²) in [7, 11) is 0. The number of carbonyl (C=O) groups excluding carboxylic acids is 1. The van der Waals surface area contributed by atoms with Crippen molar-refractivity contribution < 1.29 is 4.79 Å². The molecule has 1 amide bonds. The summed E-state index contributed by atoms with van der Waals surface area (Å²) in [6.07, 6.45) is 1.62. The van der Waals surface area contributed by atoms with E-state index >= 15 is 0 Å². The van der Waals surface area contributed by atoms with Gasteiger partial charge in [0, 0.05) is 11.9 Å². The van der Waals surface area contributed by atoms with Crippen molar-refractivity contribution in [1.82, 2.24) is 10.3 Å². The molecule has 1 aromatic carbocycles. The quantitative estimate of drug-likeness (QED) is 0.681. The number of aryl methyl sites for hydroxylation is 1. The van der Waals surface area contributed by atoms with Gasteiger partial charge in [0.1, 0.15) is 11.1 Å². The van der Waals surface area contributed by atoms with Gasteiger partial charge in [0.05, 0.1) is 16.8 Å². The third kappa shape index (κ3) is 3.83. The SMILES string of the molecule is C=CCNC(=O)CSc1nc2ccc(C)cc2cc1C#N. The highest BCUT2D eigenvalue weighted by atomic mass is 32.2. The van der Waals surface area contributed by atoms with Gasteiger partial charge in [-0.25, -0.2) is 4.98 Å². The minimum absolute atomic E-state index is 0.102. The van der Waals surface area contributed by atoms with E-state index in [4.69, 9.17) is 0 Å². The van der Waals surface area contributed by atoms with Crippen LogP contribution in [0.2, 0.25) is 0 Å². The summed E-state index contributed by atoms with van der Waals surface area (Å²) < 4.78 is 0. The van der Waals surface area contributed by atoms with E-state index in [9.17, 15) is 10.1 Å². The lowest BCUT2D eigenvalue weighted by Crippen LogP contribution is -2.25. The van der Waals surface area contributed by atoms with E-state index in [1.54, 1.807) is 6.08 Å². The molecule has 0 saturated carbocycles. The molecule has 106 valence electrons. The molecule has 0 fully saturated rings. The molecule has 4 nitrogen and oxygen atoms in total. The van der Waals surface area contributed by atoms with Gasteiger partial charge in [0.25, 0.3) is 0 Å². The van der Waals surface area contributed by atoms with E-state index in [1.807, 2.05) is 31.2 Å². The smallest absolute Gasteiger partial charge is 0.230 e. The van der Waals surface area contributed by atoms with Gasteiger partial charge in [-0.15, -0.1) is 6.58 Å². The van der Waals surface area contributed by atoms with Crippen LogP contribution in [-0.2, 0) is 4.79 Å². The maximum atomic E-state index is 11.6. The molecule has 0 spiro atoms. The van der Waals surface area contributed by atoms with Crippen LogP contribution in [0.25, 0.3) is 10.9 Å². The highest BCUT2D eigenvalue weighted by molar-refractivity contribution is 8.00. The number of pyridine rings is 1. The normalized spacial score (nSPS) is 10.1. The predicted octanol–water partition coefficient (Wildman–Crippen LogP) is 2.81. The van der Waals surface area contributed by atoms with Crippen LogP contribution in [0, 0.1) is 18.3 Å². The molecule has 0 unspecified atom stereocenters. The number of thioether (sulfide) groups is 1. The highest BCUT2D eigenvalue weighted by Gasteiger charge is 2.10. The van der Waals surface area contributed by atoms with E-state index in [0.717, 1.165) is 16.5 Å². The van der Waals surface area contributed by atoms with Crippen LogP contribution in [0.5, 0.6) is 0 Å². The van der Waals surface area contributed by atoms with E-state index < -0.39 is 0 Å². The maximum absolute atomic E-state index is 11.6. The second-order valence-electron chi connectivity index (χ2n) is 4.53. The molecule has 0 aliphatic rings. The minimum Gasteiger partial charge on any atom is -0.352 e. The maximum Gasteiger partial charge on any atom is 0.230 e. The van der Waals surface area contributed by atoms with Gasteiger partial charge in [-0.1, -0.05) is 29.5 Å². The molecule has 0 radical (unpaired) electrons. The van der Waals surface area contributed by atoms with Gasteiger partial charge in [-0.05, 0) is 25.1 Å². The number of nitrogens with zero attached hydrogens (tertiary/aromatic N) is 2. The van der Waals surface area contributed by atoms with Crippen molar-refractivity contribution in [3.63, 3.8) is 0 Å². The summed E-state index contributed by atoms with van der Waals surface area (Å²) in [6, 6.07) is 9.86.